The van der Waals surface area contributed by atoms with Crippen molar-refractivity contribution < 1.29 is 8.81 Å². The van der Waals surface area contributed by atoms with Crippen LogP contribution in [0, 0.1) is 19.7 Å². The average molecular weight is 375 g/mol. The Labute approximate surface area is 137 Å². The molecule has 1 aromatic carbocycles. The zero-order valence-corrected chi connectivity index (χ0v) is 14.6. The second kappa shape index (κ2) is 6.95. The highest BCUT2D eigenvalue weighted by atomic mass is 79.9. The van der Waals surface area contributed by atoms with Gasteiger partial charge in [-0.25, -0.2) is 4.39 Å². The van der Waals surface area contributed by atoms with Gasteiger partial charge in [-0.1, -0.05) is 18.5 Å². The molecule has 1 unspecified atom stereocenters. The summed E-state index contributed by atoms with van der Waals surface area (Å²) in [6, 6.07) is 4.74. The fourth-order valence-corrected chi connectivity index (χ4v) is 2.86. The van der Waals surface area contributed by atoms with Crippen LogP contribution in [0.25, 0.3) is 0 Å². The van der Waals surface area contributed by atoms with E-state index in [-0.39, 0.29) is 11.9 Å². The van der Waals surface area contributed by atoms with Crippen molar-refractivity contribution >= 4 is 27.5 Å². The Bertz CT molecular complexity index is 641. The molecule has 1 atom stereocenters. The summed E-state index contributed by atoms with van der Waals surface area (Å²) in [6.45, 7) is 6.63. The van der Waals surface area contributed by atoms with Crippen molar-refractivity contribution in [3.8, 4) is 0 Å². The van der Waals surface area contributed by atoms with E-state index >= 15 is 0 Å². The lowest BCUT2D eigenvalue weighted by molar-refractivity contribution is 0.490. The third-order valence-electron chi connectivity index (χ3n) is 3.34. The minimum Gasteiger partial charge on any atom is -0.466 e. The molecule has 114 valence electrons. The van der Waals surface area contributed by atoms with Gasteiger partial charge < -0.3 is 9.73 Å². The highest BCUT2D eigenvalue weighted by Crippen LogP contribution is 2.33. The fourth-order valence-electron chi connectivity index (χ4n) is 2.37. The number of hydrogen-bond acceptors (Lipinski definition) is 2. The molecule has 2 nitrogen and oxygen atoms in total. The van der Waals surface area contributed by atoms with Gasteiger partial charge in [0.2, 0.25) is 0 Å². The lowest BCUT2D eigenvalue weighted by Crippen LogP contribution is -2.24. The molecule has 0 radical (unpaired) electrons. The molecule has 1 N–H and O–H groups in total. The summed E-state index contributed by atoms with van der Waals surface area (Å²) in [7, 11) is 0. The van der Waals surface area contributed by atoms with Crippen LogP contribution in [0.3, 0.4) is 0 Å². The Balaban J connectivity index is 2.50. The molecule has 0 fully saturated rings. The molecule has 0 aliphatic rings. The van der Waals surface area contributed by atoms with Crippen LogP contribution in [-0.4, -0.2) is 6.54 Å². The molecule has 0 saturated carbocycles. The van der Waals surface area contributed by atoms with E-state index in [2.05, 4.69) is 28.2 Å². The van der Waals surface area contributed by atoms with E-state index in [1.165, 1.54) is 6.07 Å². The Hall–Kier alpha value is -0.840. The molecular weight excluding hydrogens is 357 g/mol. The summed E-state index contributed by atoms with van der Waals surface area (Å²) >= 11 is 9.38. The van der Waals surface area contributed by atoms with Crippen molar-refractivity contribution in [2.24, 2.45) is 0 Å². The van der Waals surface area contributed by atoms with Gasteiger partial charge >= 0.3 is 0 Å². The molecular formula is C16H18BrClFNO. The minimum atomic E-state index is -0.293. The van der Waals surface area contributed by atoms with E-state index < -0.39 is 0 Å². The van der Waals surface area contributed by atoms with Crippen LogP contribution in [0.2, 0.25) is 5.02 Å². The first-order valence-corrected chi connectivity index (χ1v) is 8.05. The monoisotopic (exact) mass is 373 g/mol. The van der Waals surface area contributed by atoms with Gasteiger partial charge in [0, 0.05) is 15.6 Å². The molecule has 0 amide bonds. The van der Waals surface area contributed by atoms with Crippen LogP contribution in [-0.2, 0) is 0 Å². The number of rotatable bonds is 5. The normalized spacial score (nSPS) is 12.7. The summed E-state index contributed by atoms with van der Waals surface area (Å²) in [5, 5.41) is 3.86. The maximum Gasteiger partial charge on any atom is 0.129 e. The number of nitrogens with one attached hydrogen (secondary N) is 1. The summed E-state index contributed by atoms with van der Waals surface area (Å²) in [4.78, 5) is 0. The number of aryl methyl sites for hydroxylation is 2. The van der Waals surface area contributed by atoms with E-state index in [0.29, 0.717) is 15.1 Å². The highest BCUT2D eigenvalue weighted by Gasteiger charge is 2.22. The van der Waals surface area contributed by atoms with Crippen LogP contribution < -0.4 is 5.32 Å². The molecule has 21 heavy (non-hydrogen) atoms. The fraction of sp³-hybridized carbons (Fsp3) is 0.375. The Morgan fingerprint density at radius 3 is 2.57 bits per heavy atom. The average Bonchev–Trinajstić information content (AvgIpc) is 2.75. The molecule has 2 rings (SSSR count). The predicted molar refractivity (Wildman–Crippen MR) is 87.4 cm³/mol. The van der Waals surface area contributed by atoms with Crippen LogP contribution in [0.1, 0.15) is 42.0 Å². The Morgan fingerprint density at radius 1 is 1.29 bits per heavy atom. The van der Waals surface area contributed by atoms with Gasteiger partial charge in [-0.3, -0.25) is 0 Å². The maximum atomic E-state index is 14.4. The lowest BCUT2D eigenvalue weighted by atomic mass is 9.98. The number of halogens is 3. The smallest absolute Gasteiger partial charge is 0.129 e. The van der Waals surface area contributed by atoms with Crippen LogP contribution in [0.5, 0.6) is 0 Å². The van der Waals surface area contributed by atoms with E-state index in [4.69, 9.17) is 16.0 Å². The third-order valence-corrected chi connectivity index (χ3v) is 4.54. The molecule has 0 aliphatic carbocycles. The van der Waals surface area contributed by atoms with Gasteiger partial charge in [0.15, 0.2) is 0 Å². The van der Waals surface area contributed by atoms with Gasteiger partial charge in [-0.15, -0.1) is 0 Å². The van der Waals surface area contributed by atoms with Crippen LogP contribution in [0.15, 0.2) is 27.1 Å². The zero-order valence-electron chi connectivity index (χ0n) is 12.3. The zero-order chi connectivity index (χ0) is 15.6. The quantitative estimate of drug-likeness (QED) is 0.695. The largest absolute Gasteiger partial charge is 0.466 e. The first-order valence-electron chi connectivity index (χ1n) is 6.88. The molecule has 0 spiro atoms. The topological polar surface area (TPSA) is 25.2 Å². The predicted octanol–water partition coefficient (Wildman–Crippen LogP) is 5.54. The summed E-state index contributed by atoms with van der Waals surface area (Å²) < 4.78 is 20.5. The van der Waals surface area contributed by atoms with E-state index in [0.717, 1.165) is 30.0 Å². The van der Waals surface area contributed by atoms with E-state index in [9.17, 15) is 4.39 Å². The van der Waals surface area contributed by atoms with Gasteiger partial charge in [-0.2, -0.15) is 0 Å². The van der Waals surface area contributed by atoms with Crippen molar-refractivity contribution in [2.75, 3.05) is 6.54 Å². The first kappa shape index (κ1) is 16.5. The summed E-state index contributed by atoms with van der Waals surface area (Å²) in [5.41, 5.74) is 1.47. The second-order valence-corrected chi connectivity index (χ2v) is 6.31. The molecule has 1 heterocycles. The SMILES string of the molecule is CCCNC(c1cc(Cl)c(Br)cc1F)c1cc(C)oc1C. The van der Waals surface area contributed by atoms with Crippen molar-refractivity contribution in [1.29, 1.82) is 0 Å². The van der Waals surface area contributed by atoms with Gasteiger partial charge in [-0.05, 0) is 60.9 Å². The van der Waals surface area contributed by atoms with Gasteiger partial charge in [0.05, 0.1) is 11.1 Å². The van der Waals surface area contributed by atoms with Gasteiger partial charge in [0.25, 0.3) is 0 Å². The Morgan fingerprint density at radius 2 is 2.00 bits per heavy atom. The van der Waals surface area contributed by atoms with Crippen LogP contribution >= 0.6 is 27.5 Å². The molecule has 1 aromatic heterocycles. The molecule has 5 heteroatoms. The highest BCUT2D eigenvalue weighted by molar-refractivity contribution is 9.10. The number of furan rings is 1. The second-order valence-electron chi connectivity index (χ2n) is 5.04. The van der Waals surface area contributed by atoms with Crippen molar-refractivity contribution in [2.45, 2.75) is 33.2 Å². The van der Waals surface area contributed by atoms with Gasteiger partial charge in [0.1, 0.15) is 17.3 Å². The van der Waals surface area contributed by atoms with Crippen molar-refractivity contribution in [1.82, 2.24) is 5.32 Å². The number of benzene rings is 1. The van der Waals surface area contributed by atoms with Crippen molar-refractivity contribution in [3.05, 3.63) is 56.2 Å². The molecule has 2 aromatic rings. The Kier molecular flexibility index (Phi) is 5.47. The van der Waals surface area contributed by atoms with Crippen LogP contribution in [0.4, 0.5) is 4.39 Å². The molecule has 0 saturated heterocycles. The van der Waals surface area contributed by atoms with Crippen molar-refractivity contribution in [3.63, 3.8) is 0 Å². The van der Waals surface area contributed by atoms with E-state index in [1.807, 2.05) is 19.9 Å². The standard InChI is InChI=1S/C16H18BrClFNO/c1-4-5-20-16(11-6-9(2)21-10(11)3)12-7-14(18)13(17)8-15(12)19/h6-8,16,20H,4-5H2,1-3H3. The lowest BCUT2D eigenvalue weighted by Gasteiger charge is -2.20. The first-order chi connectivity index (χ1) is 9.93. The molecule has 0 bridgehead atoms. The third kappa shape index (κ3) is 3.68. The minimum absolute atomic E-state index is 0.270. The van der Waals surface area contributed by atoms with E-state index in [1.54, 1.807) is 6.07 Å². The maximum absolute atomic E-state index is 14.4. The summed E-state index contributed by atoms with van der Waals surface area (Å²) in [6.07, 6.45) is 0.957. The summed E-state index contributed by atoms with van der Waals surface area (Å²) in [5.74, 6) is 1.31. The molecule has 0 aliphatic heterocycles. The number of hydrogen-bond donors (Lipinski definition) is 1.